The maximum absolute atomic E-state index is 14.8. The predicted molar refractivity (Wildman–Crippen MR) is 146 cm³/mol. The van der Waals surface area contributed by atoms with Crippen molar-refractivity contribution in [2.24, 2.45) is 40.3 Å². The first-order valence-corrected chi connectivity index (χ1v) is 14.7. The zero-order valence-electron chi connectivity index (χ0n) is 24.1. The Morgan fingerprint density at radius 1 is 1.14 bits per heavy atom. The molecule has 8 nitrogen and oxygen atoms in total. The molecule has 0 bridgehead atoms. The zero-order chi connectivity index (χ0) is 27.6. The van der Waals surface area contributed by atoms with Gasteiger partial charge in [-0.2, -0.15) is 0 Å². The molecule has 2 unspecified atom stereocenters. The van der Waals surface area contributed by atoms with E-state index in [-0.39, 0.29) is 11.7 Å². The van der Waals surface area contributed by atoms with Crippen LogP contribution in [0.2, 0.25) is 0 Å². The van der Waals surface area contributed by atoms with Crippen molar-refractivity contribution >= 4 is 17.6 Å². The molecule has 0 aromatic heterocycles. The summed E-state index contributed by atoms with van der Waals surface area (Å²) in [6.07, 6.45) is 11.6. The van der Waals surface area contributed by atoms with Gasteiger partial charge in [-0.25, -0.2) is 11.3 Å². The summed E-state index contributed by atoms with van der Waals surface area (Å²) in [6, 6.07) is 0. The molecule has 5 N–H and O–H groups in total. The number of carbonyl (C=O) groups excluding carboxylic acids is 3. The van der Waals surface area contributed by atoms with Gasteiger partial charge in [-0.1, -0.05) is 79.1 Å². The lowest BCUT2D eigenvalue weighted by molar-refractivity contribution is -0.157. The quantitative estimate of drug-likeness (QED) is 0.0869. The van der Waals surface area contributed by atoms with Gasteiger partial charge in [0.2, 0.25) is 11.8 Å². The number of hydrogen-bond acceptors (Lipinski definition) is 6. The molecular formula is C29H54N4O4. The molecule has 2 rings (SSSR count). The van der Waals surface area contributed by atoms with Crippen LogP contribution in [0.15, 0.2) is 0 Å². The molecule has 1 saturated heterocycles. The highest BCUT2D eigenvalue weighted by atomic mass is 16.5. The van der Waals surface area contributed by atoms with Crippen molar-refractivity contribution in [3.8, 4) is 0 Å². The number of hydroxylamine groups is 1. The lowest BCUT2D eigenvalue weighted by Crippen LogP contribution is -2.57. The van der Waals surface area contributed by atoms with Crippen LogP contribution in [0.25, 0.3) is 0 Å². The van der Waals surface area contributed by atoms with E-state index in [1.165, 1.54) is 32.1 Å². The van der Waals surface area contributed by atoms with E-state index in [2.05, 4.69) is 24.3 Å². The Balaban J connectivity index is 2.51. The standard InChI is InChI=1S/C29H54N4O4/c1-6-15-29(20-21(2)3,27(36)31-30)25(34)24(28(4)16-18-33(5)19-17-28)23(26(35)32-37)14-10-13-22-11-8-7-9-12-22/h21-24,37H,6-20,30H2,1-5H3,(H,31,36)(H,32,35)/t23?,24-,29?/m0/s1. The number of likely N-dealkylation sites (tertiary alicyclic amines) is 1. The smallest absolute Gasteiger partial charge is 0.247 e. The minimum atomic E-state index is -1.30. The van der Waals surface area contributed by atoms with Crippen LogP contribution in [-0.4, -0.2) is 47.8 Å². The van der Waals surface area contributed by atoms with Gasteiger partial charge in [0, 0.05) is 5.92 Å². The van der Waals surface area contributed by atoms with E-state index >= 15 is 0 Å². The van der Waals surface area contributed by atoms with Gasteiger partial charge in [0.05, 0.1) is 5.92 Å². The van der Waals surface area contributed by atoms with Crippen LogP contribution in [0.1, 0.15) is 111 Å². The van der Waals surface area contributed by atoms with Crippen molar-refractivity contribution in [1.82, 2.24) is 15.8 Å². The van der Waals surface area contributed by atoms with Gasteiger partial charge in [0.25, 0.3) is 0 Å². The monoisotopic (exact) mass is 522 g/mol. The first kappa shape index (κ1) is 31.7. The Hall–Kier alpha value is -1.51. The summed E-state index contributed by atoms with van der Waals surface area (Å²) in [7, 11) is 2.07. The molecule has 1 aliphatic heterocycles. The van der Waals surface area contributed by atoms with E-state index in [1.807, 2.05) is 26.3 Å². The first-order chi connectivity index (χ1) is 17.5. The van der Waals surface area contributed by atoms with Crippen LogP contribution in [0.4, 0.5) is 0 Å². The van der Waals surface area contributed by atoms with Gasteiger partial charge in [-0.3, -0.25) is 25.0 Å². The number of rotatable bonds is 14. The predicted octanol–water partition coefficient (Wildman–Crippen LogP) is 4.60. The second-order valence-corrected chi connectivity index (χ2v) is 12.7. The second kappa shape index (κ2) is 14.6. The van der Waals surface area contributed by atoms with Crippen LogP contribution in [-0.2, 0) is 14.4 Å². The van der Waals surface area contributed by atoms with Crippen LogP contribution in [0, 0.1) is 34.5 Å². The van der Waals surface area contributed by atoms with E-state index in [1.54, 1.807) is 0 Å². The summed E-state index contributed by atoms with van der Waals surface area (Å²) < 4.78 is 0. The molecule has 2 amide bonds. The van der Waals surface area contributed by atoms with Crippen molar-refractivity contribution in [2.45, 2.75) is 111 Å². The van der Waals surface area contributed by atoms with Crippen molar-refractivity contribution in [3.63, 3.8) is 0 Å². The lowest BCUT2D eigenvalue weighted by atomic mass is 9.56. The summed E-state index contributed by atoms with van der Waals surface area (Å²) in [5.74, 6) is 3.93. The molecule has 37 heavy (non-hydrogen) atoms. The van der Waals surface area contributed by atoms with Crippen molar-refractivity contribution in [3.05, 3.63) is 0 Å². The molecule has 2 fully saturated rings. The number of nitrogens with two attached hydrogens (primary N) is 1. The van der Waals surface area contributed by atoms with Crippen molar-refractivity contribution in [2.75, 3.05) is 20.1 Å². The Labute approximate surface area is 224 Å². The topological polar surface area (TPSA) is 125 Å². The number of piperidine rings is 1. The van der Waals surface area contributed by atoms with Gasteiger partial charge < -0.3 is 4.90 Å². The molecule has 3 atom stereocenters. The Morgan fingerprint density at radius 3 is 2.27 bits per heavy atom. The van der Waals surface area contributed by atoms with Crippen LogP contribution >= 0.6 is 0 Å². The Morgan fingerprint density at radius 2 is 1.76 bits per heavy atom. The molecule has 0 aromatic rings. The fourth-order valence-corrected chi connectivity index (χ4v) is 7.26. The number of hydrogen-bond donors (Lipinski definition) is 4. The molecular weight excluding hydrogens is 468 g/mol. The second-order valence-electron chi connectivity index (χ2n) is 12.7. The zero-order valence-corrected chi connectivity index (χ0v) is 24.1. The Kier molecular flexibility index (Phi) is 12.5. The van der Waals surface area contributed by atoms with Gasteiger partial charge in [0.15, 0.2) is 5.78 Å². The van der Waals surface area contributed by atoms with E-state index in [9.17, 15) is 19.6 Å². The molecule has 1 heterocycles. The van der Waals surface area contributed by atoms with Crippen LogP contribution < -0.4 is 16.7 Å². The molecule has 214 valence electrons. The van der Waals surface area contributed by atoms with Crippen molar-refractivity contribution in [1.29, 1.82) is 0 Å². The summed E-state index contributed by atoms with van der Waals surface area (Å²) in [5, 5.41) is 9.80. The molecule has 0 radical (unpaired) electrons. The highest BCUT2D eigenvalue weighted by Gasteiger charge is 2.55. The van der Waals surface area contributed by atoms with Crippen LogP contribution in [0.3, 0.4) is 0 Å². The van der Waals surface area contributed by atoms with Crippen LogP contribution in [0.5, 0.6) is 0 Å². The normalized spacial score (nSPS) is 22.2. The maximum Gasteiger partial charge on any atom is 0.247 e. The van der Waals surface area contributed by atoms with Gasteiger partial charge in [-0.05, 0) is 69.5 Å². The molecule has 8 heteroatoms. The lowest BCUT2D eigenvalue weighted by Gasteiger charge is -2.48. The number of nitrogens with zero attached hydrogens (tertiary/aromatic N) is 1. The molecule has 1 saturated carbocycles. The number of carbonyl (C=O) groups is 3. The van der Waals surface area contributed by atoms with Gasteiger partial charge >= 0.3 is 0 Å². The number of hydrazine groups is 1. The summed E-state index contributed by atoms with van der Waals surface area (Å²) in [6.45, 7) is 9.74. The third kappa shape index (κ3) is 7.99. The van der Waals surface area contributed by atoms with E-state index in [0.29, 0.717) is 31.6 Å². The number of ketones is 1. The number of amides is 2. The third-order valence-corrected chi connectivity index (χ3v) is 9.34. The third-order valence-electron chi connectivity index (χ3n) is 9.34. The highest BCUT2D eigenvalue weighted by molar-refractivity contribution is 6.08. The average molecular weight is 523 g/mol. The fourth-order valence-electron chi connectivity index (χ4n) is 7.26. The minimum absolute atomic E-state index is 0.0927. The minimum Gasteiger partial charge on any atom is -0.306 e. The SMILES string of the molecule is CCCC(CC(C)C)(C(=O)NN)C(=O)[C@H](C(CCCC1CCCCC1)C(=O)NO)C1(C)CCN(C)CC1. The van der Waals surface area contributed by atoms with Gasteiger partial charge in [0.1, 0.15) is 5.41 Å². The first-order valence-electron chi connectivity index (χ1n) is 14.7. The molecule has 1 aliphatic carbocycles. The Bertz CT molecular complexity index is 744. The average Bonchev–Trinajstić information content (AvgIpc) is 2.88. The van der Waals surface area contributed by atoms with E-state index in [0.717, 1.165) is 38.8 Å². The highest BCUT2D eigenvalue weighted by Crippen LogP contribution is 2.49. The van der Waals surface area contributed by atoms with Gasteiger partial charge in [-0.15, -0.1) is 0 Å². The molecule has 2 aliphatic rings. The molecule has 0 spiro atoms. The van der Waals surface area contributed by atoms with E-state index < -0.39 is 34.5 Å². The fraction of sp³-hybridized carbons (Fsp3) is 0.897. The number of Topliss-reactive ketones (excluding diaryl/α,β-unsaturated/α-hetero) is 1. The number of nitrogens with one attached hydrogen (secondary N) is 2. The largest absolute Gasteiger partial charge is 0.306 e. The summed E-state index contributed by atoms with van der Waals surface area (Å²) in [4.78, 5) is 43.8. The van der Waals surface area contributed by atoms with Crippen molar-refractivity contribution < 1.29 is 19.6 Å². The maximum atomic E-state index is 14.8. The molecule has 0 aromatic carbocycles. The summed E-state index contributed by atoms with van der Waals surface area (Å²) in [5.41, 5.74) is 2.44. The van der Waals surface area contributed by atoms with E-state index in [4.69, 9.17) is 5.84 Å². The summed E-state index contributed by atoms with van der Waals surface area (Å²) >= 11 is 0.